The van der Waals surface area contributed by atoms with Crippen molar-refractivity contribution in [3.63, 3.8) is 0 Å². The number of amides is 1. The van der Waals surface area contributed by atoms with Crippen LogP contribution in [-0.2, 0) is 17.9 Å². The molecule has 1 aliphatic heterocycles. The third-order valence-corrected chi connectivity index (χ3v) is 5.17. The van der Waals surface area contributed by atoms with Gasteiger partial charge in [0.2, 0.25) is 5.91 Å². The second-order valence-corrected chi connectivity index (χ2v) is 7.49. The molecule has 1 saturated heterocycles. The number of carbonyl (C=O) groups is 1. The van der Waals surface area contributed by atoms with Crippen LogP contribution in [0.15, 0.2) is 24.3 Å². The Kier molecular flexibility index (Phi) is 6.15. The summed E-state index contributed by atoms with van der Waals surface area (Å²) in [7, 11) is 0. The molecule has 0 bridgehead atoms. The van der Waals surface area contributed by atoms with Gasteiger partial charge in [0.05, 0.1) is 0 Å². The first-order valence-electron chi connectivity index (χ1n) is 9.43. The van der Waals surface area contributed by atoms with Crippen molar-refractivity contribution >= 4 is 5.91 Å². The molecule has 0 saturated carbocycles. The smallest absolute Gasteiger partial charge is 0.244 e. The maximum atomic E-state index is 13.2. The molecule has 1 atom stereocenters. The lowest BCUT2D eigenvalue weighted by Gasteiger charge is -2.34. The minimum atomic E-state index is -0.218. The summed E-state index contributed by atoms with van der Waals surface area (Å²) in [6.45, 7) is 9.40. The Morgan fingerprint density at radius 3 is 2.63 bits per heavy atom. The standard InChI is InChI=1S/C19H27FN6O/c1-14(2)18-12-25(19(27)13-26-15(3)21-22-23-26)10-4-9-24(18)11-16-5-7-17(20)8-6-16/h5-8,14,18H,4,9-13H2,1-3H3/t18-/m0/s1. The Bertz CT molecular complexity index is 760. The topological polar surface area (TPSA) is 67.2 Å². The lowest BCUT2D eigenvalue weighted by atomic mass is 10.0. The fourth-order valence-corrected chi connectivity index (χ4v) is 3.57. The summed E-state index contributed by atoms with van der Waals surface area (Å²) in [5.74, 6) is 0.856. The first kappa shape index (κ1) is 19.4. The molecule has 0 aliphatic carbocycles. The van der Waals surface area contributed by atoms with Crippen LogP contribution in [0.25, 0.3) is 0 Å². The molecule has 0 radical (unpaired) electrons. The van der Waals surface area contributed by atoms with E-state index in [-0.39, 0.29) is 24.3 Å². The number of carbonyl (C=O) groups excluding carboxylic acids is 1. The molecule has 7 nitrogen and oxygen atoms in total. The van der Waals surface area contributed by atoms with Gasteiger partial charge in [0.15, 0.2) is 0 Å². The molecule has 146 valence electrons. The van der Waals surface area contributed by atoms with Crippen LogP contribution in [0.1, 0.15) is 31.7 Å². The fraction of sp³-hybridized carbons (Fsp3) is 0.579. The van der Waals surface area contributed by atoms with Crippen molar-refractivity contribution in [1.29, 1.82) is 0 Å². The van der Waals surface area contributed by atoms with E-state index in [9.17, 15) is 9.18 Å². The molecule has 1 aliphatic rings. The largest absolute Gasteiger partial charge is 0.339 e. The van der Waals surface area contributed by atoms with E-state index in [0.29, 0.717) is 18.3 Å². The predicted octanol–water partition coefficient (Wildman–Crippen LogP) is 1.88. The van der Waals surface area contributed by atoms with Crippen molar-refractivity contribution < 1.29 is 9.18 Å². The van der Waals surface area contributed by atoms with Crippen LogP contribution >= 0.6 is 0 Å². The number of rotatable bonds is 5. The molecule has 0 spiro atoms. The Hall–Kier alpha value is -2.35. The highest BCUT2D eigenvalue weighted by Crippen LogP contribution is 2.20. The number of tetrazole rings is 1. The van der Waals surface area contributed by atoms with Gasteiger partial charge in [-0.05, 0) is 47.4 Å². The van der Waals surface area contributed by atoms with Gasteiger partial charge < -0.3 is 4.90 Å². The predicted molar refractivity (Wildman–Crippen MR) is 99.2 cm³/mol. The van der Waals surface area contributed by atoms with Gasteiger partial charge in [-0.15, -0.1) is 5.10 Å². The molecule has 27 heavy (non-hydrogen) atoms. The van der Waals surface area contributed by atoms with Crippen LogP contribution in [0.5, 0.6) is 0 Å². The summed E-state index contributed by atoms with van der Waals surface area (Å²) in [5.41, 5.74) is 1.09. The molecule has 2 aromatic rings. The van der Waals surface area contributed by atoms with Crippen LogP contribution < -0.4 is 0 Å². The van der Waals surface area contributed by atoms with Crippen LogP contribution in [0.3, 0.4) is 0 Å². The fourth-order valence-electron chi connectivity index (χ4n) is 3.57. The second kappa shape index (κ2) is 8.56. The van der Waals surface area contributed by atoms with Crippen molar-refractivity contribution in [2.24, 2.45) is 5.92 Å². The van der Waals surface area contributed by atoms with Crippen molar-refractivity contribution in [2.45, 2.75) is 46.3 Å². The Morgan fingerprint density at radius 2 is 2.00 bits per heavy atom. The van der Waals surface area contributed by atoms with E-state index in [1.54, 1.807) is 6.92 Å². The zero-order valence-electron chi connectivity index (χ0n) is 16.2. The summed E-state index contributed by atoms with van der Waals surface area (Å²) in [6.07, 6.45) is 0.907. The van der Waals surface area contributed by atoms with Gasteiger partial charge in [-0.1, -0.05) is 26.0 Å². The molecule has 0 N–H and O–H groups in total. The molecule has 8 heteroatoms. The van der Waals surface area contributed by atoms with E-state index in [1.807, 2.05) is 17.0 Å². The Labute approximate surface area is 159 Å². The number of nitrogens with zero attached hydrogens (tertiary/aromatic N) is 6. The van der Waals surface area contributed by atoms with E-state index in [2.05, 4.69) is 34.3 Å². The van der Waals surface area contributed by atoms with Crippen LogP contribution in [0, 0.1) is 18.7 Å². The lowest BCUT2D eigenvalue weighted by Crippen LogP contribution is -2.46. The van der Waals surface area contributed by atoms with Crippen molar-refractivity contribution in [1.82, 2.24) is 30.0 Å². The molecule has 1 aromatic carbocycles. The van der Waals surface area contributed by atoms with Gasteiger partial charge >= 0.3 is 0 Å². The van der Waals surface area contributed by atoms with Gasteiger partial charge in [0, 0.05) is 32.2 Å². The molecule has 1 amide bonds. The first-order chi connectivity index (χ1) is 12.9. The summed E-state index contributed by atoms with van der Waals surface area (Å²) in [6, 6.07) is 6.92. The summed E-state index contributed by atoms with van der Waals surface area (Å²) >= 11 is 0. The Morgan fingerprint density at radius 1 is 1.26 bits per heavy atom. The minimum Gasteiger partial charge on any atom is -0.339 e. The molecule has 2 heterocycles. The molecular formula is C19H27FN6O. The van der Waals surface area contributed by atoms with E-state index in [1.165, 1.54) is 16.8 Å². The third-order valence-electron chi connectivity index (χ3n) is 5.17. The van der Waals surface area contributed by atoms with E-state index in [4.69, 9.17) is 0 Å². The molecule has 1 fully saturated rings. The summed E-state index contributed by atoms with van der Waals surface area (Å²) in [5, 5.41) is 11.3. The summed E-state index contributed by atoms with van der Waals surface area (Å²) < 4.78 is 14.7. The zero-order valence-corrected chi connectivity index (χ0v) is 16.2. The third kappa shape index (κ3) is 4.88. The number of benzene rings is 1. The van der Waals surface area contributed by atoms with Gasteiger partial charge in [-0.2, -0.15) is 0 Å². The average Bonchev–Trinajstić information content (AvgIpc) is 2.91. The highest BCUT2D eigenvalue weighted by molar-refractivity contribution is 5.76. The maximum Gasteiger partial charge on any atom is 0.244 e. The summed E-state index contributed by atoms with van der Waals surface area (Å²) in [4.78, 5) is 17.1. The molecular weight excluding hydrogens is 347 g/mol. The minimum absolute atomic E-state index is 0.0414. The number of aromatic nitrogens is 4. The normalized spacial score (nSPS) is 18.7. The van der Waals surface area contributed by atoms with Crippen LogP contribution in [0.4, 0.5) is 4.39 Å². The second-order valence-electron chi connectivity index (χ2n) is 7.49. The Balaban J connectivity index is 1.69. The van der Waals surface area contributed by atoms with Crippen LogP contribution in [-0.4, -0.2) is 61.6 Å². The lowest BCUT2D eigenvalue weighted by molar-refractivity contribution is -0.132. The van der Waals surface area contributed by atoms with Crippen LogP contribution in [0.2, 0.25) is 0 Å². The molecule has 1 aromatic heterocycles. The number of hydrogen-bond donors (Lipinski definition) is 0. The van der Waals surface area contributed by atoms with E-state index in [0.717, 1.165) is 31.6 Å². The first-order valence-corrected chi connectivity index (χ1v) is 9.43. The number of aryl methyl sites for hydroxylation is 1. The highest BCUT2D eigenvalue weighted by Gasteiger charge is 2.29. The van der Waals surface area contributed by atoms with Gasteiger partial charge in [0.25, 0.3) is 0 Å². The van der Waals surface area contributed by atoms with E-state index < -0.39 is 0 Å². The monoisotopic (exact) mass is 374 g/mol. The van der Waals surface area contributed by atoms with Gasteiger partial charge in [0.1, 0.15) is 18.2 Å². The SMILES string of the molecule is Cc1nnnn1CC(=O)N1CCCN(Cc2ccc(F)cc2)[C@H](C(C)C)C1. The number of halogens is 1. The van der Waals surface area contributed by atoms with Crippen molar-refractivity contribution in [2.75, 3.05) is 19.6 Å². The maximum absolute atomic E-state index is 13.2. The zero-order chi connectivity index (χ0) is 19.4. The van der Waals surface area contributed by atoms with Crippen molar-refractivity contribution in [3.8, 4) is 0 Å². The quantitative estimate of drug-likeness (QED) is 0.799. The number of hydrogen-bond acceptors (Lipinski definition) is 5. The molecule has 0 unspecified atom stereocenters. The van der Waals surface area contributed by atoms with Gasteiger partial charge in [-0.25, -0.2) is 9.07 Å². The van der Waals surface area contributed by atoms with E-state index >= 15 is 0 Å². The highest BCUT2D eigenvalue weighted by atomic mass is 19.1. The van der Waals surface area contributed by atoms with Gasteiger partial charge in [-0.3, -0.25) is 9.69 Å². The average molecular weight is 374 g/mol. The van der Waals surface area contributed by atoms with Crippen molar-refractivity contribution in [3.05, 3.63) is 41.5 Å². The molecule has 3 rings (SSSR count).